The lowest BCUT2D eigenvalue weighted by atomic mass is 10.2. The Balaban J connectivity index is 2.37. The molecule has 1 saturated heterocycles. The second-order valence-corrected chi connectivity index (χ2v) is 4.17. The van der Waals surface area contributed by atoms with Gasteiger partial charge in [0.1, 0.15) is 0 Å². The van der Waals surface area contributed by atoms with E-state index in [1.54, 1.807) is 0 Å². The van der Waals surface area contributed by atoms with Gasteiger partial charge < -0.3 is 10.3 Å². The summed E-state index contributed by atoms with van der Waals surface area (Å²) >= 11 is 0. The predicted molar refractivity (Wildman–Crippen MR) is 62.6 cm³/mol. The number of aromatic nitrogens is 1. The summed E-state index contributed by atoms with van der Waals surface area (Å²) < 4.78 is 26.9. The zero-order valence-electron chi connectivity index (χ0n) is 9.71. The number of nitrogen functional groups attached to an aromatic ring is 1. The number of halogens is 2. The second-order valence-electron chi connectivity index (χ2n) is 4.17. The van der Waals surface area contributed by atoms with E-state index in [1.165, 1.54) is 0 Å². The van der Waals surface area contributed by atoms with Crippen LogP contribution in [-0.2, 0) is 0 Å². The van der Waals surface area contributed by atoms with Crippen LogP contribution in [0.2, 0.25) is 0 Å². The van der Waals surface area contributed by atoms with Gasteiger partial charge in [-0.2, -0.15) is 0 Å². The van der Waals surface area contributed by atoms with Crippen molar-refractivity contribution < 1.29 is 8.78 Å². The van der Waals surface area contributed by atoms with Crippen molar-refractivity contribution in [2.75, 3.05) is 16.9 Å². The summed E-state index contributed by atoms with van der Waals surface area (Å²) in [4.78, 5) is 5.79. The van der Waals surface area contributed by atoms with Crippen LogP contribution in [0, 0.1) is 11.6 Å². The molecule has 1 fully saturated rings. The van der Waals surface area contributed by atoms with Crippen molar-refractivity contribution in [2.24, 2.45) is 5.84 Å². The van der Waals surface area contributed by atoms with Crippen molar-refractivity contribution in [3.63, 3.8) is 0 Å². The number of pyridine rings is 1. The first kappa shape index (κ1) is 12.0. The number of hydrazine groups is 1. The molecule has 1 aromatic heterocycles. The summed E-state index contributed by atoms with van der Waals surface area (Å²) in [5.74, 6) is 3.79. The summed E-state index contributed by atoms with van der Waals surface area (Å²) in [5.41, 5.74) is 2.14. The first-order chi connectivity index (χ1) is 8.17. The van der Waals surface area contributed by atoms with Gasteiger partial charge in [-0.25, -0.2) is 19.6 Å². The molecule has 1 unspecified atom stereocenters. The lowest BCUT2D eigenvalue weighted by Crippen LogP contribution is -2.30. The number of hydrogen-bond acceptors (Lipinski definition) is 4. The molecule has 0 amide bonds. The van der Waals surface area contributed by atoms with E-state index >= 15 is 0 Å². The van der Waals surface area contributed by atoms with Gasteiger partial charge in [0.15, 0.2) is 23.3 Å². The van der Waals surface area contributed by atoms with Gasteiger partial charge >= 0.3 is 0 Å². The fourth-order valence-corrected chi connectivity index (χ4v) is 2.30. The Labute approximate surface area is 98.8 Å². The predicted octanol–water partition coefficient (Wildman–Crippen LogP) is 2.02. The highest BCUT2D eigenvalue weighted by Gasteiger charge is 2.27. The van der Waals surface area contributed by atoms with Crippen molar-refractivity contribution in [1.29, 1.82) is 0 Å². The molecule has 0 saturated carbocycles. The van der Waals surface area contributed by atoms with E-state index in [4.69, 9.17) is 5.84 Å². The number of nitrogens with zero attached hydrogens (tertiary/aromatic N) is 2. The largest absolute Gasteiger partial charge is 0.351 e. The van der Waals surface area contributed by atoms with Gasteiger partial charge in [-0.15, -0.1) is 0 Å². The third-order valence-corrected chi connectivity index (χ3v) is 3.17. The van der Waals surface area contributed by atoms with E-state index in [0.717, 1.165) is 31.9 Å². The monoisotopic (exact) mass is 242 g/mol. The quantitative estimate of drug-likeness (QED) is 0.629. The summed E-state index contributed by atoms with van der Waals surface area (Å²) in [6.07, 6.45) is 2.94. The van der Waals surface area contributed by atoms with Crippen LogP contribution >= 0.6 is 0 Å². The summed E-state index contributed by atoms with van der Waals surface area (Å²) in [6, 6.07) is 1.09. The maximum atomic E-state index is 13.7. The van der Waals surface area contributed by atoms with Crippen LogP contribution in [-0.4, -0.2) is 17.6 Å². The maximum absolute atomic E-state index is 13.7. The van der Waals surface area contributed by atoms with Gasteiger partial charge in [0.05, 0.1) is 0 Å². The molecule has 1 aliphatic rings. The fraction of sp³-hybridized carbons (Fsp3) is 0.545. The lowest BCUT2D eigenvalue weighted by molar-refractivity contribution is 0.560. The first-order valence-corrected chi connectivity index (χ1v) is 5.76. The van der Waals surface area contributed by atoms with E-state index in [-0.39, 0.29) is 17.7 Å². The highest BCUT2D eigenvalue weighted by Crippen LogP contribution is 2.29. The molecular formula is C11H16F2N4. The standard InChI is InChI=1S/C11H16F2N4/c1-2-7-4-3-5-17(7)11-9(13)6-8(12)10(15-11)16-14/h6-7H,2-5,14H2,1H3,(H,15,16). The topological polar surface area (TPSA) is 54.2 Å². The highest BCUT2D eigenvalue weighted by atomic mass is 19.1. The molecule has 94 valence electrons. The average molecular weight is 242 g/mol. The van der Waals surface area contributed by atoms with Crippen LogP contribution < -0.4 is 16.2 Å². The highest BCUT2D eigenvalue weighted by molar-refractivity contribution is 5.50. The maximum Gasteiger partial charge on any atom is 0.178 e. The zero-order valence-corrected chi connectivity index (χ0v) is 9.71. The molecule has 3 N–H and O–H groups in total. The van der Waals surface area contributed by atoms with E-state index < -0.39 is 11.6 Å². The molecule has 1 atom stereocenters. The molecule has 4 nitrogen and oxygen atoms in total. The fourth-order valence-electron chi connectivity index (χ4n) is 2.30. The lowest BCUT2D eigenvalue weighted by Gasteiger charge is -2.25. The second kappa shape index (κ2) is 4.83. The molecular weight excluding hydrogens is 226 g/mol. The van der Waals surface area contributed by atoms with Crippen LogP contribution in [0.25, 0.3) is 0 Å². The average Bonchev–Trinajstić information content (AvgIpc) is 2.77. The molecule has 0 radical (unpaired) electrons. The Morgan fingerprint density at radius 1 is 1.53 bits per heavy atom. The first-order valence-electron chi connectivity index (χ1n) is 5.76. The molecule has 17 heavy (non-hydrogen) atoms. The number of anilines is 2. The number of nitrogens with two attached hydrogens (primary N) is 1. The van der Waals surface area contributed by atoms with Crippen molar-refractivity contribution >= 4 is 11.6 Å². The molecule has 1 aliphatic heterocycles. The zero-order chi connectivity index (χ0) is 12.4. The third kappa shape index (κ3) is 2.17. The van der Waals surface area contributed by atoms with E-state index in [0.29, 0.717) is 0 Å². The molecule has 2 heterocycles. The Kier molecular flexibility index (Phi) is 3.42. The molecule has 6 heteroatoms. The molecule has 0 bridgehead atoms. The minimum Gasteiger partial charge on any atom is -0.351 e. The Morgan fingerprint density at radius 2 is 2.29 bits per heavy atom. The van der Waals surface area contributed by atoms with Crippen LogP contribution in [0.5, 0.6) is 0 Å². The summed E-state index contributed by atoms with van der Waals surface area (Å²) in [7, 11) is 0. The van der Waals surface area contributed by atoms with Gasteiger partial charge in [0, 0.05) is 18.7 Å². The van der Waals surface area contributed by atoms with E-state index in [2.05, 4.69) is 10.4 Å². The molecule has 0 aromatic carbocycles. The van der Waals surface area contributed by atoms with Crippen molar-refractivity contribution in [3.8, 4) is 0 Å². The summed E-state index contributed by atoms with van der Waals surface area (Å²) in [5, 5.41) is 0. The minimum absolute atomic E-state index is 0.122. The van der Waals surface area contributed by atoms with Gasteiger partial charge in [-0.3, -0.25) is 0 Å². The number of hydrogen-bond donors (Lipinski definition) is 2. The van der Waals surface area contributed by atoms with E-state index in [9.17, 15) is 8.78 Å². The summed E-state index contributed by atoms with van der Waals surface area (Å²) in [6.45, 7) is 2.80. The van der Waals surface area contributed by atoms with Crippen molar-refractivity contribution in [1.82, 2.24) is 4.98 Å². The van der Waals surface area contributed by atoms with Crippen molar-refractivity contribution in [3.05, 3.63) is 17.7 Å². The van der Waals surface area contributed by atoms with Crippen LogP contribution in [0.3, 0.4) is 0 Å². The van der Waals surface area contributed by atoms with Crippen LogP contribution in [0.1, 0.15) is 26.2 Å². The van der Waals surface area contributed by atoms with Gasteiger partial charge in [-0.1, -0.05) is 6.92 Å². The minimum atomic E-state index is -0.777. The van der Waals surface area contributed by atoms with Gasteiger partial charge in [0.25, 0.3) is 0 Å². The molecule has 2 rings (SSSR count). The van der Waals surface area contributed by atoms with E-state index in [1.807, 2.05) is 11.8 Å². The molecule has 0 spiro atoms. The number of rotatable bonds is 3. The smallest absolute Gasteiger partial charge is 0.178 e. The Hall–Kier alpha value is -1.43. The van der Waals surface area contributed by atoms with Gasteiger partial charge in [0.2, 0.25) is 0 Å². The van der Waals surface area contributed by atoms with Gasteiger partial charge in [-0.05, 0) is 19.3 Å². The van der Waals surface area contributed by atoms with Crippen LogP contribution in [0.4, 0.5) is 20.4 Å². The normalized spacial score (nSPS) is 19.8. The number of nitrogens with one attached hydrogen (secondary N) is 1. The SMILES string of the molecule is CCC1CCCN1c1nc(NN)c(F)cc1F. The van der Waals surface area contributed by atoms with Crippen LogP contribution in [0.15, 0.2) is 6.07 Å². The molecule has 0 aliphatic carbocycles. The third-order valence-electron chi connectivity index (χ3n) is 3.17. The molecule has 1 aromatic rings. The Bertz CT molecular complexity index is 411. The Morgan fingerprint density at radius 3 is 2.94 bits per heavy atom. The van der Waals surface area contributed by atoms with Crippen molar-refractivity contribution in [2.45, 2.75) is 32.2 Å².